The van der Waals surface area contributed by atoms with E-state index in [1.165, 1.54) is 31.3 Å². The molecule has 0 saturated carbocycles. The topological polar surface area (TPSA) is 17.1 Å². The average molecular weight is 208 g/mol. The van der Waals surface area contributed by atoms with Gasteiger partial charge in [-0.15, -0.1) is 0 Å². The van der Waals surface area contributed by atoms with Crippen molar-refractivity contribution in [1.82, 2.24) is 0 Å². The summed E-state index contributed by atoms with van der Waals surface area (Å²) < 4.78 is 0. The third-order valence-electron chi connectivity index (χ3n) is 2.87. The van der Waals surface area contributed by atoms with E-state index in [2.05, 4.69) is 19.9 Å². The first-order valence-corrected chi connectivity index (χ1v) is 5.93. The maximum atomic E-state index is 10.6. The molecule has 1 heteroatoms. The average Bonchev–Trinajstić information content (AvgIpc) is 2.26. The van der Waals surface area contributed by atoms with Gasteiger partial charge in [0, 0.05) is 0 Å². The summed E-state index contributed by atoms with van der Waals surface area (Å²) in [5.74, 6) is 0. The molecule has 0 aliphatic heterocycles. The molecule has 86 valence electrons. The first-order chi connectivity index (χ1) is 7.13. The van der Waals surface area contributed by atoms with E-state index in [1.807, 2.05) is 13.8 Å². The zero-order valence-corrected chi connectivity index (χ0v) is 10.6. The molecule has 0 saturated heterocycles. The minimum absolute atomic E-state index is 0.845. The lowest BCUT2D eigenvalue weighted by molar-refractivity contribution is -0.104. The Kier molecular flexibility index (Phi) is 7.98. The van der Waals surface area contributed by atoms with Crippen molar-refractivity contribution in [2.45, 2.75) is 59.8 Å². The van der Waals surface area contributed by atoms with E-state index in [0.29, 0.717) is 0 Å². The standard InChI is InChI=1S/C14H24O/c1-5-6-7-8-9-10-12(2)14(4)13(3)11-15/h10-11H,5-9H2,1-4H3/b12-10+,14-13+. The van der Waals surface area contributed by atoms with Crippen LogP contribution in [0.5, 0.6) is 0 Å². The molecule has 0 aliphatic rings. The van der Waals surface area contributed by atoms with Gasteiger partial charge >= 0.3 is 0 Å². The van der Waals surface area contributed by atoms with E-state index in [1.54, 1.807) is 0 Å². The molecule has 0 atom stereocenters. The van der Waals surface area contributed by atoms with E-state index in [9.17, 15) is 4.79 Å². The van der Waals surface area contributed by atoms with Crippen LogP contribution < -0.4 is 0 Å². The molecule has 15 heavy (non-hydrogen) atoms. The largest absolute Gasteiger partial charge is 0.298 e. The maximum Gasteiger partial charge on any atom is 0.146 e. The Morgan fingerprint density at radius 2 is 1.73 bits per heavy atom. The van der Waals surface area contributed by atoms with Crippen LogP contribution in [0.3, 0.4) is 0 Å². The highest BCUT2D eigenvalue weighted by atomic mass is 16.1. The molecule has 0 amide bonds. The summed E-state index contributed by atoms with van der Waals surface area (Å²) >= 11 is 0. The number of rotatable bonds is 7. The van der Waals surface area contributed by atoms with Crippen LogP contribution in [0.2, 0.25) is 0 Å². The van der Waals surface area contributed by atoms with Gasteiger partial charge in [-0.3, -0.25) is 4.79 Å². The smallest absolute Gasteiger partial charge is 0.146 e. The monoisotopic (exact) mass is 208 g/mol. The highest BCUT2D eigenvalue weighted by Gasteiger charge is 1.97. The number of hydrogen-bond acceptors (Lipinski definition) is 1. The molecular formula is C14H24O. The zero-order valence-electron chi connectivity index (χ0n) is 10.6. The highest BCUT2D eigenvalue weighted by molar-refractivity contribution is 5.75. The quantitative estimate of drug-likeness (QED) is 0.262. The molecule has 0 aliphatic carbocycles. The summed E-state index contributed by atoms with van der Waals surface area (Å²) in [7, 11) is 0. The highest BCUT2D eigenvalue weighted by Crippen LogP contribution is 2.14. The van der Waals surface area contributed by atoms with Crippen molar-refractivity contribution in [2.75, 3.05) is 0 Å². The second kappa shape index (κ2) is 8.46. The molecule has 0 unspecified atom stereocenters. The van der Waals surface area contributed by atoms with Crippen LogP contribution >= 0.6 is 0 Å². The van der Waals surface area contributed by atoms with Crippen LogP contribution in [0.25, 0.3) is 0 Å². The molecule has 0 aromatic heterocycles. The third kappa shape index (κ3) is 6.27. The van der Waals surface area contributed by atoms with Crippen molar-refractivity contribution in [3.8, 4) is 0 Å². The lowest BCUT2D eigenvalue weighted by Crippen LogP contribution is -1.88. The van der Waals surface area contributed by atoms with E-state index in [-0.39, 0.29) is 0 Å². The predicted molar refractivity (Wildman–Crippen MR) is 67.0 cm³/mol. The van der Waals surface area contributed by atoms with Gasteiger partial charge in [-0.05, 0) is 44.8 Å². The van der Waals surface area contributed by atoms with Crippen molar-refractivity contribution in [3.05, 3.63) is 22.8 Å². The van der Waals surface area contributed by atoms with Gasteiger partial charge in [0.05, 0.1) is 0 Å². The van der Waals surface area contributed by atoms with Crippen LogP contribution in [0.1, 0.15) is 59.8 Å². The second-order valence-electron chi connectivity index (χ2n) is 4.16. The predicted octanol–water partition coefficient (Wildman–Crippen LogP) is 4.44. The van der Waals surface area contributed by atoms with Gasteiger partial charge < -0.3 is 0 Å². The van der Waals surface area contributed by atoms with E-state index in [4.69, 9.17) is 0 Å². The molecule has 1 nitrogen and oxygen atoms in total. The summed E-state index contributed by atoms with van der Waals surface area (Å²) in [5.41, 5.74) is 3.22. The molecule has 0 bridgehead atoms. The fourth-order valence-corrected chi connectivity index (χ4v) is 1.44. The summed E-state index contributed by atoms with van der Waals surface area (Å²) in [4.78, 5) is 10.6. The van der Waals surface area contributed by atoms with Crippen LogP contribution in [0.4, 0.5) is 0 Å². The molecule has 0 aromatic carbocycles. The van der Waals surface area contributed by atoms with E-state index < -0.39 is 0 Å². The van der Waals surface area contributed by atoms with Crippen molar-refractivity contribution in [3.63, 3.8) is 0 Å². The Labute approximate surface area is 94.3 Å². The molecular weight excluding hydrogens is 184 g/mol. The fourth-order valence-electron chi connectivity index (χ4n) is 1.44. The number of unbranched alkanes of at least 4 members (excludes halogenated alkanes) is 4. The maximum absolute atomic E-state index is 10.6. The molecule has 0 N–H and O–H groups in total. The SMILES string of the molecule is CCCCCC/C=C(C)/C(C)=C(\C)C=O. The first-order valence-electron chi connectivity index (χ1n) is 5.93. The Morgan fingerprint density at radius 3 is 2.27 bits per heavy atom. The van der Waals surface area contributed by atoms with Crippen molar-refractivity contribution in [1.29, 1.82) is 0 Å². The Balaban J connectivity index is 4.04. The van der Waals surface area contributed by atoms with Crippen LogP contribution in [-0.2, 0) is 4.79 Å². The van der Waals surface area contributed by atoms with Crippen LogP contribution in [-0.4, -0.2) is 6.29 Å². The number of carbonyl (C=O) groups is 1. The molecule has 0 heterocycles. The lowest BCUT2D eigenvalue weighted by Gasteiger charge is -2.03. The second-order valence-corrected chi connectivity index (χ2v) is 4.16. The Morgan fingerprint density at radius 1 is 1.07 bits per heavy atom. The summed E-state index contributed by atoms with van der Waals surface area (Å²) in [5, 5.41) is 0. The molecule has 0 fully saturated rings. The molecule has 0 spiro atoms. The molecule has 0 rings (SSSR count). The van der Waals surface area contributed by atoms with Gasteiger partial charge in [-0.25, -0.2) is 0 Å². The van der Waals surface area contributed by atoms with Gasteiger partial charge in [-0.2, -0.15) is 0 Å². The van der Waals surface area contributed by atoms with Crippen molar-refractivity contribution >= 4 is 6.29 Å². The Bertz CT molecular complexity index is 246. The number of aldehydes is 1. The van der Waals surface area contributed by atoms with Crippen molar-refractivity contribution in [2.24, 2.45) is 0 Å². The summed E-state index contributed by atoms with van der Waals surface area (Å²) in [6, 6.07) is 0. The van der Waals surface area contributed by atoms with Crippen LogP contribution in [0, 0.1) is 0 Å². The number of hydrogen-bond donors (Lipinski definition) is 0. The minimum atomic E-state index is 0.845. The first kappa shape index (κ1) is 14.2. The lowest BCUT2D eigenvalue weighted by atomic mass is 10.0. The van der Waals surface area contributed by atoms with Gasteiger partial charge in [0.2, 0.25) is 0 Å². The fraction of sp³-hybridized carbons (Fsp3) is 0.643. The third-order valence-corrected chi connectivity index (χ3v) is 2.87. The molecule has 0 aromatic rings. The van der Waals surface area contributed by atoms with Crippen molar-refractivity contribution < 1.29 is 4.79 Å². The van der Waals surface area contributed by atoms with Gasteiger partial charge in [0.15, 0.2) is 0 Å². The van der Waals surface area contributed by atoms with Gasteiger partial charge in [0.25, 0.3) is 0 Å². The van der Waals surface area contributed by atoms with E-state index in [0.717, 1.165) is 23.9 Å². The number of carbonyl (C=O) groups excluding carboxylic acids is 1. The van der Waals surface area contributed by atoms with Gasteiger partial charge in [0.1, 0.15) is 6.29 Å². The minimum Gasteiger partial charge on any atom is -0.298 e. The normalized spacial score (nSPS) is 13.7. The summed E-state index contributed by atoms with van der Waals surface area (Å²) in [6.45, 7) is 8.20. The molecule has 0 radical (unpaired) electrons. The van der Waals surface area contributed by atoms with Gasteiger partial charge in [-0.1, -0.05) is 37.8 Å². The zero-order chi connectivity index (χ0) is 11.7. The number of allylic oxidation sites excluding steroid dienone is 4. The van der Waals surface area contributed by atoms with Crippen LogP contribution in [0.15, 0.2) is 22.8 Å². The summed E-state index contributed by atoms with van der Waals surface area (Å²) in [6.07, 6.45) is 9.51. The Hall–Kier alpha value is -0.850. The van der Waals surface area contributed by atoms with E-state index >= 15 is 0 Å².